The van der Waals surface area contributed by atoms with E-state index in [1.165, 1.54) is 10.8 Å². The summed E-state index contributed by atoms with van der Waals surface area (Å²) in [5.41, 5.74) is 0.539. The van der Waals surface area contributed by atoms with Gasteiger partial charge in [-0.3, -0.25) is 0 Å². The first kappa shape index (κ1) is 15.2. The number of sulfone groups is 1. The number of aromatic nitrogens is 2. The summed E-state index contributed by atoms with van der Waals surface area (Å²) in [4.78, 5) is 3.89. The summed E-state index contributed by atoms with van der Waals surface area (Å²) in [6.07, 6.45) is 3.80. The molecule has 1 aromatic heterocycles. The molecule has 118 valence electrons. The Hall–Kier alpha value is -1.73. The van der Waals surface area contributed by atoms with E-state index in [9.17, 15) is 8.42 Å². The van der Waals surface area contributed by atoms with Crippen LogP contribution in [0.4, 0.5) is 0 Å². The van der Waals surface area contributed by atoms with E-state index in [1.807, 2.05) is 0 Å². The van der Waals surface area contributed by atoms with Crippen LogP contribution < -0.4 is 9.47 Å². The Morgan fingerprint density at radius 3 is 2.82 bits per heavy atom. The molecule has 0 saturated heterocycles. The highest BCUT2D eigenvalue weighted by molar-refractivity contribution is 7.90. The molecular formula is C14H15ClN2O4S. The summed E-state index contributed by atoms with van der Waals surface area (Å²) in [6.45, 7) is 1.04. The first-order valence-corrected chi connectivity index (χ1v) is 8.78. The number of halogens is 1. The van der Waals surface area contributed by atoms with Crippen LogP contribution >= 0.6 is 11.6 Å². The van der Waals surface area contributed by atoms with Crippen molar-refractivity contribution in [2.24, 2.45) is 7.05 Å². The quantitative estimate of drug-likeness (QED) is 0.855. The molecule has 0 unspecified atom stereocenters. The van der Waals surface area contributed by atoms with E-state index in [2.05, 4.69) is 4.98 Å². The third-order valence-electron chi connectivity index (χ3n) is 3.27. The Bertz CT molecular complexity index is 801. The van der Waals surface area contributed by atoms with Crippen molar-refractivity contribution in [1.82, 2.24) is 9.55 Å². The Labute approximate surface area is 133 Å². The topological polar surface area (TPSA) is 70.4 Å². The lowest BCUT2D eigenvalue weighted by Crippen LogP contribution is -2.11. The molecule has 0 bridgehead atoms. The lowest BCUT2D eigenvalue weighted by atomic mass is 10.2. The first-order valence-electron chi connectivity index (χ1n) is 6.75. The minimum atomic E-state index is -3.56. The maximum absolute atomic E-state index is 12.4. The molecular weight excluding hydrogens is 328 g/mol. The maximum Gasteiger partial charge on any atom is 0.227 e. The van der Waals surface area contributed by atoms with E-state index in [4.69, 9.17) is 21.1 Å². The van der Waals surface area contributed by atoms with E-state index in [0.717, 1.165) is 6.42 Å². The molecule has 8 heteroatoms. The van der Waals surface area contributed by atoms with Gasteiger partial charge in [0.1, 0.15) is 0 Å². The van der Waals surface area contributed by atoms with Crippen molar-refractivity contribution in [1.29, 1.82) is 0 Å². The Morgan fingerprint density at radius 1 is 1.32 bits per heavy atom. The third-order valence-corrected chi connectivity index (χ3v) is 5.22. The molecule has 1 aliphatic rings. The molecule has 0 saturated carbocycles. The van der Waals surface area contributed by atoms with Crippen molar-refractivity contribution in [2.45, 2.75) is 17.3 Å². The van der Waals surface area contributed by atoms with Crippen LogP contribution in [0, 0.1) is 0 Å². The van der Waals surface area contributed by atoms with Crippen molar-refractivity contribution in [2.75, 3.05) is 13.2 Å². The van der Waals surface area contributed by atoms with Crippen molar-refractivity contribution in [3.8, 4) is 11.5 Å². The molecule has 0 aliphatic carbocycles. The van der Waals surface area contributed by atoms with Crippen LogP contribution in [-0.4, -0.2) is 31.2 Å². The molecule has 6 nitrogen and oxygen atoms in total. The summed E-state index contributed by atoms with van der Waals surface area (Å²) in [6, 6.07) is 3.25. The number of ether oxygens (including phenoxy) is 2. The predicted octanol–water partition coefficient (Wildman–Crippen LogP) is 2.21. The summed E-state index contributed by atoms with van der Waals surface area (Å²) >= 11 is 6.18. The van der Waals surface area contributed by atoms with Crippen LogP contribution in [0.1, 0.15) is 12.0 Å². The summed E-state index contributed by atoms with van der Waals surface area (Å²) in [7, 11) is -1.92. The van der Waals surface area contributed by atoms with Gasteiger partial charge < -0.3 is 14.0 Å². The first-order chi connectivity index (χ1) is 10.5. The molecule has 0 spiro atoms. The molecule has 2 heterocycles. The van der Waals surface area contributed by atoms with Crippen molar-refractivity contribution >= 4 is 21.4 Å². The van der Waals surface area contributed by atoms with Gasteiger partial charge in [-0.2, -0.15) is 0 Å². The van der Waals surface area contributed by atoms with E-state index in [-0.39, 0.29) is 10.9 Å². The highest BCUT2D eigenvalue weighted by Crippen LogP contribution is 2.38. The van der Waals surface area contributed by atoms with Gasteiger partial charge in [0.2, 0.25) is 15.0 Å². The fourth-order valence-corrected chi connectivity index (χ4v) is 4.05. The van der Waals surface area contributed by atoms with Gasteiger partial charge in [0.25, 0.3) is 0 Å². The highest BCUT2D eigenvalue weighted by atomic mass is 35.5. The van der Waals surface area contributed by atoms with E-state index in [0.29, 0.717) is 35.3 Å². The van der Waals surface area contributed by atoms with Crippen molar-refractivity contribution in [3.05, 3.63) is 35.1 Å². The standard InChI is InChI=1S/C14H15ClN2O4S/c1-17-4-3-16-14(17)22(18,19)9-10-7-11(15)13-12(8-10)20-5-2-6-21-13/h3-4,7-8H,2,5-6,9H2,1H3. The molecule has 0 amide bonds. The molecule has 0 fully saturated rings. The minimum Gasteiger partial charge on any atom is -0.489 e. The van der Waals surface area contributed by atoms with Crippen LogP contribution in [0.15, 0.2) is 29.7 Å². The fourth-order valence-electron chi connectivity index (χ4n) is 2.30. The second kappa shape index (κ2) is 5.81. The second-order valence-corrected chi connectivity index (χ2v) is 7.33. The highest BCUT2D eigenvalue weighted by Gasteiger charge is 2.23. The van der Waals surface area contributed by atoms with Crippen molar-refractivity contribution < 1.29 is 17.9 Å². The molecule has 0 atom stereocenters. The zero-order chi connectivity index (χ0) is 15.7. The van der Waals surface area contributed by atoms with Crippen molar-refractivity contribution in [3.63, 3.8) is 0 Å². The average molecular weight is 343 g/mol. The number of rotatable bonds is 3. The average Bonchev–Trinajstić information content (AvgIpc) is 2.74. The normalized spacial score (nSPS) is 14.6. The van der Waals surface area contributed by atoms with Gasteiger partial charge in [0, 0.05) is 25.9 Å². The Morgan fingerprint density at radius 2 is 2.09 bits per heavy atom. The Kier molecular flexibility index (Phi) is 4.01. The number of fused-ring (bicyclic) bond motifs is 1. The van der Waals surface area contributed by atoms with Gasteiger partial charge in [-0.05, 0) is 17.7 Å². The molecule has 22 heavy (non-hydrogen) atoms. The fraction of sp³-hybridized carbons (Fsp3) is 0.357. The summed E-state index contributed by atoms with van der Waals surface area (Å²) in [5, 5.41) is 0.375. The zero-order valence-electron chi connectivity index (χ0n) is 12.0. The number of aryl methyl sites for hydroxylation is 1. The van der Waals surface area contributed by atoms with Gasteiger partial charge in [0.15, 0.2) is 11.5 Å². The van der Waals surface area contributed by atoms with Crippen LogP contribution in [-0.2, 0) is 22.6 Å². The largest absolute Gasteiger partial charge is 0.489 e. The van der Waals surface area contributed by atoms with E-state index in [1.54, 1.807) is 25.4 Å². The second-order valence-electron chi connectivity index (χ2n) is 5.04. The van der Waals surface area contributed by atoms with E-state index < -0.39 is 9.84 Å². The lowest BCUT2D eigenvalue weighted by Gasteiger charge is -2.11. The van der Waals surface area contributed by atoms with Gasteiger partial charge in [-0.25, -0.2) is 13.4 Å². The molecule has 1 aliphatic heterocycles. The molecule has 2 aromatic rings. The third kappa shape index (κ3) is 2.91. The Balaban J connectivity index is 1.95. The van der Waals surface area contributed by atoms with Crippen LogP contribution in [0.2, 0.25) is 5.02 Å². The van der Waals surface area contributed by atoms with Gasteiger partial charge in [-0.1, -0.05) is 11.6 Å². The number of benzene rings is 1. The van der Waals surface area contributed by atoms with Gasteiger partial charge in [-0.15, -0.1) is 0 Å². The maximum atomic E-state index is 12.4. The lowest BCUT2D eigenvalue weighted by molar-refractivity contribution is 0.297. The minimum absolute atomic E-state index is 0.0238. The SMILES string of the molecule is Cn1ccnc1S(=O)(=O)Cc1cc(Cl)c2c(c1)OCCCO2. The van der Waals surface area contributed by atoms with Crippen LogP contribution in [0.3, 0.4) is 0 Å². The van der Waals surface area contributed by atoms with Gasteiger partial charge >= 0.3 is 0 Å². The van der Waals surface area contributed by atoms with E-state index >= 15 is 0 Å². The number of hydrogen-bond acceptors (Lipinski definition) is 5. The molecule has 1 aromatic carbocycles. The predicted molar refractivity (Wildman–Crippen MR) is 81.2 cm³/mol. The zero-order valence-corrected chi connectivity index (χ0v) is 13.5. The number of nitrogens with zero attached hydrogens (tertiary/aromatic N) is 2. The monoisotopic (exact) mass is 342 g/mol. The summed E-state index contributed by atoms with van der Waals surface area (Å²) in [5.74, 6) is 0.751. The smallest absolute Gasteiger partial charge is 0.227 e. The number of imidazole rings is 1. The van der Waals surface area contributed by atoms with Crippen LogP contribution in [0.5, 0.6) is 11.5 Å². The number of hydrogen-bond donors (Lipinski definition) is 0. The summed E-state index contributed by atoms with van der Waals surface area (Å²) < 4.78 is 37.4. The molecule has 0 radical (unpaired) electrons. The van der Waals surface area contributed by atoms with Gasteiger partial charge in [0.05, 0.1) is 24.0 Å². The van der Waals surface area contributed by atoms with Crippen LogP contribution in [0.25, 0.3) is 0 Å². The molecule has 0 N–H and O–H groups in total. The molecule has 3 rings (SSSR count).